The van der Waals surface area contributed by atoms with Gasteiger partial charge in [0.1, 0.15) is 0 Å². The van der Waals surface area contributed by atoms with Gasteiger partial charge in [0, 0.05) is 51.2 Å². The van der Waals surface area contributed by atoms with Crippen LogP contribution in [0.2, 0.25) is 0 Å². The van der Waals surface area contributed by atoms with Gasteiger partial charge >= 0.3 is 0 Å². The molecule has 1 aromatic heterocycles. The van der Waals surface area contributed by atoms with Crippen LogP contribution in [0.1, 0.15) is 24.0 Å². The average molecular weight is 491 g/mol. The Balaban J connectivity index is 1.26. The summed E-state index contributed by atoms with van der Waals surface area (Å²) in [4.78, 5) is 2.53. The molecule has 0 N–H and O–H groups in total. The van der Waals surface area contributed by atoms with Gasteiger partial charge in [-0.2, -0.15) is 0 Å². The summed E-state index contributed by atoms with van der Waals surface area (Å²) in [5, 5.41) is 2.62. The van der Waals surface area contributed by atoms with Gasteiger partial charge < -0.3 is 9.47 Å². The minimum Gasteiger partial charge on any atom is -0.337 e. The molecule has 2 heterocycles. The van der Waals surface area contributed by atoms with E-state index in [4.69, 9.17) is 0 Å². The van der Waals surface area contributed by atoms with E-state index in [2.05, 4.69) is 156 Å². The molecule has 0 saturated carbocycles. The molecule has 7 rings (SSSR count). The van der Waals surface area contributed by atoms with Crippen molar-refractivity contribution in [2.45, 2.75) is 25.4 Å². The van der Waals surface area contributed by atoms with Gasteiger partial charge in [-0.25, -0.2) is 0 Å². The maximum atomic E-state index is 2.53. The van der Waals surface area contributed by atoms with Crippen LogP contribution in [0.4, 0.5) is 11.4 Å². The van der Waals surface area contributed by atoms with E-state index in [9.17, 15) is 0 Å². The number of anilines is 2. The van der Waals surface area contributed by atoms with Gasteiger partial charge in [0.15, 0.2) is 0 Å². The Bertz CT molecular complexity index is 1720. The van der Waals surface area contributed by atoms with Crippen LogP contribution in [0.15, 0.2) is 140 Å². The summed E-state index contributed by atoms with van der Waals surface area (Å²) >= 11 is 0. The molecule has 2 nitrogen and oxygen atoms in total. The van der Waals surface area contributed by atoms with Gasteiger partial charge in [0.05, 0.1) is 6.04 Å². The number of fused-ring (bicyclic) bond motifs is 6. The van der Waals surface area contributed by atoms with Crippen molar-refractivity contribution in [2.75, 3.05) is 4.90 Å². The van der Waals surface area contributed by atoms with Gasteiger partial charge in [-0.1, -0.05) is 115 Å². The molecule has 4 aromatic carbocycles. The molecule has 0 saturated heterocycles. The number of benzene rings is 4. The largest absolute Gasteiger partial charge is 0.337 e. The third-order valence-corrected chi connectivity index (χ3v) is 8.01. The molecule has 2 aliphatic rings. The second-order valence-electron chi connectivity index (χ2n) is 10.0. The number of hydrogen-bond acceptors (Lipinski definition) is 1. The Morgan fingerprint density at radius 1 is 0.711 bits per heavy atom. The smallest absolute Gasteiger partial charge is 0.0629 e. The predicted molar refractivity (Wildman–Crippen MR) is 162 cm³/mol. The lowest BCUT2D eigenvalue weighted by molar-refractivity contribution is 0.744. The molecule has 1 aliphatic heterocycles. The SMILES string of the molecule is C/C=C(\C=C/Cn1c2ccccc2c2ccccc21)c1ccccc1N1c2ccccc2C2C=CC=CC21. The van der Waals surface area contributed by atoms with Crippen LogP contribution in [-0.2, 0) is 6.54 Å². The van der Waals surface area contributed by atoms with Crippen molar-refractivity contribution in [2.24, 2.45) is 0 Å². The molecule has 0 amide bonds. The van der Waals surface area contributed by atoms with Crippen LogP contribution in [0.5, 0.6) is 0 Å². The third kappa shape index (κ3) is 3.56. The average Bonchev–Trinajstić information content (AvgIpc) is 3.48. The Kier molecular flexibility index (Phi) is 5.59. The van der Waals surface area contributed by atoms with Crippen molar-refractivity contribution in [3.8, 4) is 0 Å². The van der Waals surface area contributed by atoms with E-state index >= 15 is 0 Å². The minimum atomic E-state index is 0.290. The number of para-hydroxylation sites is 4. The summed E-state index contributed by atoms with van der Waals surface area (Å²) in [6.45, 7) is 2.96. The van der Waals surface area contributed by atoms with Crippen molar-refractivity contribution in [1.82, 2.24) is 4.57 Å². The number of rotatable bonds is 5. The zero-order valence-corrected chi connectivity index (χ0v) is 21.5. The monoisotopic (exact) mass is 490 g/mol. The number of aromatic nitrogens is 1. The van der Waals surface area contributed by atoms with Crippen LogP contribution in [0, 0.1) is 0 Å². The fourth-order valence-electron chi connectivity index (χ4n) is 6.32. The van der Waals surface area contributed by atoms with Crippen LogP contribution in [0.25, 0.3) is 27.4 Å². The summed E-state index contributed by atoms with van der Waals surface area (Å²) < 4.78 is 2.42. The van der Waals surface area contributed by atoms with Gasteiger partial charge in [0.2, 0.25) is 0 Å². The lowest BCUT2D eigenvalue weighted by Crippen LogP contribution is -2.29. The molecule has 2 unspecified atom stereocenters. The van der Waals surface area contributed by atoms with Crippen LogP contribution >= 0.6 is 0 Å². The zero-order chi connectivity index (χ0) is 25.5. The first-order chi connectivity index (χ1) is 18.8. The molecule has 0 fully saturated rings. The highest BCUT2D eigenvalue weighted by atomic mass is 15.2. The van der Waals surface area contributed by atoms with Gasteiger partial charge in [-0.3, -0.25) is 0 Å². The first-order valence-corrected chi connectivity index (χ1v) is 13.5. The highest BCUT2D eigenvalue weighted by molar-refractivity contribution is 6.08. The second-order valence-corrected chi connectivity index (χ2v) is 10.0. The van der Waals surface area contributed by atoms with Crippen molar-refractivity contribution in [1.29, 1.82) is 0 Å². The molecule has 0 spiro atoms. The topological polar surface area (TPSA) is 8.17 Å². The van der Waals surface area contributed by atoms with E-state index in [1.807, 2.05) is 0 Å². The Hall–Kier alpha value is -4.56. The molecule has 1 aliphatic carbocycles. The minimum absolute atomic E-state index is 0.290. The fourth-order valence-corrected chi connectivity index (χ4v) is 6.32. The van der Waals surface area contributed by atoms with Crippen LogP contribution in [-0.4, -0.2) is 10.6 Å². The number of nitrogens with zero attached hydrogens (tertiary/aromatic N) is 2. The number of allylic oxidation sites excluding steroid dienone is 6. The summed E-state index contributed by atoms with van der Waals surface area (Å²) in [6.07, 6.45) is 15.9. The van der Waals surface area contributed by atoms with Gasteiger partial charge in [0.25, 0.3) is 0 Å². The van der Waals surface area contributed by atoms with E-state index in [1.165, 1.54) is 49.9 Å². The lowest BCUT2D eigenvalue weighted by Gasteiger charge is -2.30. The molecule has 2 atom stereocenters. The van der Waals surface area contributed by atoms with E-state index in [-0.39, 0.29) is 0 Å². The standard InChI is InChI=1S/C36H30N2/c1-2-26(14-13-25-37-32-20-8-4-16-28(32)29-17-5-9-21-33(29)37)27-15-3-10-22-34(27)38-35-23-11-6-18-30(35)31-19-7-12-24-36(31)38/h2-24,30,35H,25H2,1H3/b14-13-,26-2+. The molecular formula is C36H30N2. The van der Waals surface area contributed by atoms with Crippen molar-refractivity contribution in [3.05, 3.63) is 151 Å². The summed E-state index contributed by atoms with van der Waals surface area (Å²) in [7, 11) is 0. The number of hydrogen-bond donors (Lipinski definition) is 0. The molecule has 0 bridgehead atoms. The van der Waals surface area contributed by atoms with E-state index in [0.29, 0.717) is 12.0 Å². The lowest BCUT2D eigenvalue weighted by atomic mass is 9.91. The van der Waals surface area contributed by atoms with E-state index < -0.39 is 0 Å². The summed E-state index contributed by atoms with van der Waals surface area (Å²) in [5.74, 6) is 0.379. The van der Waals surface area contributed by atoms with Gasteiger partial charge in [-0.15, -0.1) is 0 Å². The molecule has 5 aromatic rings. The Morgan fingerprint density at radius 3 is 2.11 bits per heavy atom. The predicted octanol–water partition coefficient (Wildman–Crippen LogP) is 9.18. The maximum Gasteiger partial charge on any atom is 0.0629 e. The highest BCUT2D eigenvalue weighted by Crippen LogP contribution is 2.49. The quantitative estimate of drug-likeness (QED) is 0.223. The highest BCUT2D eigenvalue weighted by Gasteiger charge is 2.37. The maximum absolute atomic E-state index is 2.53. The van der Waals surface area contributed by atoms with E-state index in [1.54, 1.807) is 0 Å². The Labute approximate surface area is 224 Å². The second kappa shape index (κ2) is 9.39. The third-order valence-electron chi connectivity index (χ3n) is 8.01. The van der Waals surface area contributed by atoms with Crippen LogP contribution in [0.3, 0.4) is 0 Å². The normalized spacial score (nSPS) is 18.6. The van der Waals surface area contributed by atoms with Crippen LogP contribution < -0.4 is 4.90 Å². The first-order valence-electron chi connectivity index (χ1n) is 13.5. The molecule has 2 heteroatoms. The van der Waals surface area contributed by atoms with E-state index in [0.717, 1.165) is 6.54 Å². The Morgan fingerprint density at radius 2 is 1.34 bits per heavy atom. The van der Waals surface area contributed by atoms with Crippen molar-refractivity contribution >= 4 is 38.8 Å². The van der Waals surface area contributed by atoms with Gasteiger partial charge in [-0.05, 0) is 42.3 Å². The molecule has 0 radical (unpaired) electrons. The van der Waals surface area contributed by atoms with Crippen molar-refractivity contribution < 1.29 is 0 Å². The van der Waals surface area contributed by atoms with Crippen molar-refractivity contribution in [3.63, 3.8) is 0 Å². The molecular weight excluding hydrogens is 460 g/mol. The summed E-state index contributed by atoms with van der Waals surface area (Å²) in [5.41, 5.74) is 8.99. The fraction of sp³-hybridized carbons (Fsp3) is 0.111. The zero-order valence-electron chi connectivity index (χ0n) is 21.5. The molecule has 184 valence electrons. The summed E-state index contributed by atoms with van der Waals surface area (Å²) in [6, 6.07) is 35.4. The molecule has 38 heavy (non-hydrogen) atoms. The first kappa shape index (κ1) is 22.6.